The van der Waals surface area contributed by atoms with Crippen molar-refractivity contribution in [2.75, 3.05) is 13.7 Å². The minimum atomic E-state index is -0.0477. The van der Waals surface area contributed by atoms with Gasteiger partial charge in [0.1, 0.15) is 0 Å². The van der Waals surface area contributed by atoms with Crippen molar-refractivity contribution in [1.29, 1.82) is 0 Å². The minimum Gasteiger partial charge on any atom is -0.493 e. The number of hydrogen-bond acceptors (Lipinski definition) is 4. The number of hydrogen-bond donors (Lipinski definition) is 1. The van der Waals surface area contributed by atoms with Crippen LogP contribution in [0.2, 0.25) is 0 Å². The number of amides is 1. The molecule has 1 aromatic heterocycles. The Bertz CT molecular complexity index is 841. The van der Waals surface area contributed by atoms with E-state index < -0.39 is 0 Å². The third-order valence-electron chi connectivity index (χ3n) is 5.75. The summed E-state index contributed by atoms with van der Waals surface area (Å²) in [6.45, 7) is 11.8. The van der Waals surface area contributed by atoms with Crippen molar-refractivity contribution in [2.45, 2.75) is 77.4 Å². The first-order chi connectivity index (χ1) is 14.2. The number of para-hydroxylation sites is 1. The summed E-state index contributed by atoms with van der Waals surface area (Å²) in [7, 11) is 1.59. The van der Waals surface area contributed by atoms with Crippen LogP contribution in [0.5, 0.6) is 5.75 Å². The lowest BCUT2D eigenvalue weighted by Gasteiger charge is -2.49. The van der Waals surface area contributed by atoms with E-state index >= 15 is 0 Å². The van der Waals surface area contributed by atoms with Gasteiger partial charge in [-0.2, -0.15) is 5.10 Å². The molecule has 2 aromatic rings. The van der Waals surface area contributed by atoms with Gasteiger partial charge in [0.25, 0.3) is 5.91 Å². The number of aromatic nitrogens is 2. The zero-order valence-electron chi connectivity index (χ0n) is 19.2. The van der Waals surface area contributed by atoms with Crippen LogP contribution in [-0.2, 0) is 0 Å². The molecule has 1 aromatic carbocycles. The molecule has 0 saturated carbocycles. The number of nitrogens with one attached hydrogen (secondary N) is 1. The molecule has 0 unspecified atom stereocenters. The quantitative estimate of drug-likeness (QED) is 0.731. The molecule has 0 radical (unpaired) electrons. The number of carbonyl (C=O) groups excluding carboxylic acids is 1. The van der Waals surface area contributed by atoms with Gasteiger partial charge in [0.15, 0.2) is 11.4 Å². The Morgan fingerprint density at radius 3 is 2.40 bits per heavy atom. The van der Waals surface area contributed by atoms with Crippen LogP contribution >= 0.6 is 0 Å². The van der Waals surface area contributed by atoms with Gasteiger partial charge in [0.2, 0.25) is 0 Å². The molecule has 0 bridgehead atoms. The zero-order chi connectivity index (χ0) is 21.9. The summed E-state index contributed by atoms with van der Waals surface area (Å²) in [5.41, 5.74) is 1.21. The molecule has 3 rings (SSSR count). The molecule has 2 heterocycles. The van der Waals surface area contributed by atoms with E-state index in [0.29, 0.717) is 11.4 Å². The van der Waals surface area contributed by atoms with Gasteiger partial charge < -0.3 is 15.0 Å². The Balaban J connectivity index is 1.95. The first-order valence-corrected chi connectivity index (χ1v) is 11.0. The van der Waals surface area contributed by atoms with E-state index in [1.54, 1.807) is 18.0 Å². The van der Waals surface area contributed by atoms with Gasteiger partial charge in [0.05, 0.1) is 19.0 Å². The molecule has 0 spiro atoms. The van der Waals surface area contributed by atoms with Crippen LogP contribution in [0, 0.1) is 0 Å². The monoisotopic (exact) mass is 412 g/mol. The molecule has 164 valence electrons. The molecule has 6 nitrogen and oxygen atoms in total. The average Bonchev–Trinajstić information content (AvgIpc) is 3.11. The lowest BCUT2D eigenvalue weighted by atomic mass is 9.79. The number of methoxy groups -OCH3 is 1. The standard InChI is InChI=1S/C24H36N4O2/c1-7-8-14-27(19-15-23(2,3)26-24(4,5)16-19)22(29)21-20(30-6)17-28(25-21)18-12-10-9-11-13-18/h9-13,17,19,26H,7-8,14-16H2,1-6H3. The van der Waals surface area contributed by atoms with Gasteiger partial charge in [-0.05, 0) is 59.1 Å². The molecule has 1 amide bonds. The summed E-state index contributed by atoms with van der Waals surface area (Å²) in [5.74, 6) is 0.464. The van der Waals surface area contributed by atoms with Crippen molar-refractivity contribution in [3.63, 3.8) is 0 Å². The van der Waals surface area contributed by atoms with E-state index in [1.165, 1.54) is 0 Å². The number of carbonyl (C=O) groups is 1. The van der Waals surface area contributed by atoms with Crippen LogP contribution in [0.3, 0.4) is 0 Å². The van der Waals surface area contributed by atoms with Crippen LogP contribution in [0.15, 0.2) is 36.5 Å². The van der Waals surface area contributed by atoms with E-state index in [0.717, 1.165) is 37.9 Å². The molecule has 1 N–H and O–H groups in total. The average molecular weight is 413 g/mol. The van der Waals surface area contributed by atoms with Gasteiger partial charge in [0, 0.05) is 23.7 Å². The van der Waals surface area contributed by atoms with Crippen LogP contribution in [-0.4, -0.2) is 51.4 Å². The summed E-state index contributed by atoms with van der Waals surface area (Å²) in [6, 6.07) is 9.96. The van der Waals surface area contributed by atoms with Gasteiger partial charge in [-0.25, -0.2) is 4.68 Å². The topological polar surface area (TPSA) is 59.4 Å². The second kappa shape index (κ2) is 8.80. The lowest BCUT2D eigenvalue weighted by Crippen LogP contribution is -2.63. The van der Waals surface area contributed by atoms with Crippen molar-refractivity contribution >= 4 is 5.91 Å². The SMILES string of the molecule is CCCCN(C(=O)c1nn(-c2ccccc2)cc1OC)C1CC(C)(C)NC(C)(C)C1. The third kappa shape index (κ3) is 5.04. The Hall–Kier alpha value is -2.34. The van der Waals surface area contributed by atoms with Gasteiger partial charge in [-0.1, -0.05) is 31.5 Å². The number of unbranched alkanes of at least 4 members (excludes halogenated alkanes) is 1. The van der Waals surface area contributed by atoms with Gasteiger partial charge in [-0.15, -0.1) is 0 Å². The van der Waals surface area contributed by atoms with Crippen LogP contribution in [0.25, 0.3) is 5.69 Å². The summed E-state index contributed by atoms with van der Waals surface area (Å²) < 4.78 is 7.27. The highest BCUT2D eigenvalue weighted by molar-refractivity contribution is 5.95. The first-order valence-electron chi connectivity index (χ1n) is 11.0. The second-order valence-electron chi connectivity index (χ2n) is 9.63. The van der Waals surface area contributed by atoms with Crippen LogP contribution < -0.4 is 10.1 Å². The normalized spacial score (nSPS) is 18.2. The maximum absolute atomic E-state index is 13.7. The fourth-order valence-corrected chi connectivity index (χ4v) is 4.77. The number of piperidine rings is 1. The third-order valence-corrected chi connectivity index (χ3v) is 5.75. The van der Waals surface area contributed by atoms with Gasteiger partial charge in [-0.3, -0.25) is 4.79 Å². The van der Waals surface area contributed by atoms with E-state index in [1.807, 2.05) is 35.2 Å². The fourth-order valence-electron chi connectivity index (χ4n) is 4.77. The summed E-state index contributed by atoms with van der Waals surface area (Å²) >= 11 is 0. The molecule has 1 saturated heterocycles. The lowest BCUT2D eigenvalue weighted by molar-refractivity contribution is 0.0434. The molecule has 1 aliphatic rings. The second-order valence-corrected chi connectivity index (χ2v) is 9.63. The predicted molar refractivity (Wildman–Crippen MR) is 120 cm³/mol. The maximum Gasteiger partial charge on any atom is 0.278 e. The Morgan fingerprint density at radius 2 is 1.83 bits per heavy atom. The number of nitrogens with zero attached hydrogens (tertiary/aromatic N) is 3. The zero-order valence-corrected chi connectivity index (χ0v) is 19.2. The molecule has 1 aliphatic heterocycles. The fraction of sp³-hybridized carbons (Fsp3) is 0.583. The van der Waals surface area contributed by atoms with E-state index in [-0.39, 0.29) is 23.0 Å². The van der Waals surface area contributed by atoms with Crippen LogP contribution in [0.4, 0.5) is 0 Å². The maximum atomic E-state index is 13.7. The molecular formula is C24H36N4O2. The highest BCUT2D eigenvalue weighted by atomic mass is 16.5. The van der Waals surface area contributed by atoms with Crippen molar-refractivity contribution in [2.24, 2.45) is 0 Å². The molecule has 1 fully saturated rings. The van der Waals surface area contributed by atoms with Gasteiger partial charge >= 0.3 is 0 Å². The first kappa shape index (κ1) is 22.3. The van der Waals surface area contributed by atoms with Crippen molar-refractivity contribution in [3.8, 4) is 11.4 Å². The summed E-state index contributed by atoms with van der Waals surface area (Å²) in [6.07, 6.45) is 5.62. The Morgan fingerprint density at radius 1 is 1.20 bits per heavy atom. The van der Waals surface area contributed by atoms with Crippen molar-refractivity contribution in [3.05, 3.63) is 42.2 Å². The highest BCUT2D eigenvalue weighted by Gasteiger charge is 2.42. The summed E-state index contributed by atoms with van der Waals surface area (Å²) in [5, 5.41) is 8.35. The number of rotatable bonds is 7. The summed E-state index contributed by atoms with van der Waals surface area (Å²) in [4.78, 5) is 15.8. The van der Waals surface area contributed by atoms with E-state index in [4.69, 9.17) is 4.74 Å². The molecular weight excluding hydrogens is 376 g/mol. The molecule has 0 atom stereocenters. The molecule has 0 aliphatic carbocycles. The minimum absolute atomic E-state index is 0.0371. The molecule has 30 heavy (non-hydrogen) atoms. The largest absolute Gasteiger partial charge is 0.493 e. The van der Waals surface area contributed by atoms with E-state index in [2.05, 4.69) is 45.0 Å². The van der Waals surface area contributed by atoms with Crippen molar-refractivity contribution < 1.29 is 9.53 Å². The smallest absolute Gasteiger partial charge is 0.278 e. The Kier molecular flexibility index (Phi) is 6.56. The van der Waals surface area contributed by atoms with Crippen molar-refractivity contribution in [1.82, 2.24) is 20.0 Å². The van der Waals surface area contributed by atoms with E-state index in [9.17, 15) is 4.79 Å². The highest BCUT2D eigenvalue weighted by Crippen LogP contribution is 2.33. The number of benzene rings is 1. The predicted octanol–water partition coefficient (Wildman–Crippen LogP) is 4.43. The van der Waals surface area contributed by atoms with Crippen LogP contribution in [0.1, 0.15) is 70.8 Å². The molecule has 6 heteroatoms. The Labute approximate surface area is 180 Å². The number of ether oxygens (including phenoxy) is 1.